The number of methoxy groups -OCH3 is 1. The maximum Gasteiger partial charge on any atom is 0.356 e. The predicted octanol–water partition coefficient (Wildman–Crippen LogP) is -0.939. The molecule has 1 aromatic rings. The summed E-state index contributed by atoms with van der Waals surface area (Å²) in [4.78, 5) is 25.9. The number of carbonyl (C=O) groups is 2. The van der Waals surface area contributed by atoms with E-state index in [1.165, 1.54) is 12.5 Å². The molecular formula is C11H18N4O4. The van der Waals surface area contributed by atoms with Gasteiger partial charge >= 0.3 is 5.97 Å². The smallest absolute Gasteiger partial charge is 0.356 e. The van der Waals surface area contributed by atoms with Gasteiger partial charge in [-0.3, -0.25) is 4.79 Å². The van der Waals surface area contributed by atoms with Crippen LogP contribution in [0.15, 0.2) is 12.5 Å². The molecule has 0 fully saturated rings. The lowest BCUT2D eigenvalue weighted by Crippen LogP contribution is -2.42. The lowest BCUT2D eigenvalue weighted by atomic mass is 10.2. The van der Waals surface area contributed by atoms with E-state index in [2.05, 4.69) is 10.3 Å². The van der Waals surface area contributed by atoms with Crippen molar-refractivity contribution >= 4 is 11.9 Å². The summed E-state index contributed by atoms with van der Waals surface area (Å²) in [6.07, 6.45) is 3.26. The van der Waals surface area contributed by atoms with Gasteiger partial charge in [0.2, 0.25) is 5.91 Å². The maximum atomic E-state index is 11.5. The Morgan fingerprint density at radius 3 is 2.95 bits per heavy atom. The number of amides is 1. The van der Waals surface area contributed by atoms with Gasteiger partial charge in [0, 0.05) is 33.0 Å². The first-order chi connectivity index (χ1) is 9.04. The van der Waals surface area contributed by atoms with E-state index in [9.17, 15) is 9.59 Å². The second-order valence-electron chi connectivity index (χ2n) is 3.98. The molecule has 1 rings (SSSR count). The highest BCUT2D eigenvalue weighted by Crippen LogP contribution is 1.95. The molecule has 1 amide bonds. The van der Waals surface area contributed by atoms with E-state index in [0.29, 0.717) is 26.1 Å². The molecule has 4 N–H and O–H groups in total. The van der Waals surface area contributed by atoms with Crippen LogP contribution in [0, 0.1) is 0 Å². The molecule has 0 aliphatic rings. The van der Waals surface area contributed by atoms with Crippen LogP contribution >= 0.6 is 0 Å². The summed E-state index contributed by atoms with van der Waals surface area (Å²) >= 11 is 0. The highest BCUT2D eigenvalue weighted by molar-refractivity contribution is 5.84. The quantitative estimate of drug-likeness (QED) is 0.561. The van der Waals surface area contributed by atoms with E-state index in [0.717, 1.165) is 0 Å². The third kappa shape index (κ3) is 5.06. The van der Waals surface area contributed by atoms with Gasteiger partial charge in [-0.15, -0.1) is 0 Å². The summed E-state index contributed by atoms with van der Waals surface area (Å²) < 4.78 is 6.42. The molecule has 1 unspecified atom stereocenters. The second-order valence-corrected chi connectivity index (χ2v) is 3.98. The number of ether oxygens (including phenoxy) is 1. The number of rotatable bonds is 8. The number of nitrogens with zero attached hydrogens (tertiary/aromatic N) is 2. The third-order valence-electron chi connectivity index (χ3n) is 2.49. The number of aromatic carboxylic acids is 1. The summed E-state index contributed by atoms with van der Waals surface area (Å²) in [5, 5.41) is 11.4. The summed E-state index contributed by atoms with van der Waals surface area (Å²) in [7, 11) is 1.55. The van der Waals surface area contributed by atoms with Crippen LogP contribution in [0.4, 0.5) is 0 Å². The average Bonchev–Trinajstić information content (AvgIpc) is 2.84. The number of aromatic nitrogens is 2. The number of nitrogens with one attached hydrogen (secondary N) is 1. The number of carboxylic acid groups (broad SMARTS) is 1. The molecule has 8 nitrogen and oxygen atoms in total. The Hall–Kier alpha value is -1.93. The van der Waals surface area contributed by atoms with Crippen molar-refractivity contribution in [1.82, 2.24) is 14.9 Å². The lowest BCUT2D eigenvalue weighted by Gasteiger charge is -2.11. The number of carboxylic acids is 1. The molecule has 0 saturated heterocycles. The van der Waals surface area contributed by atoms with E-state index >= 15 is 0 Å². The number of hydrogen-bond acceptors (Lipinski definition) is 5. The van der Waals surface area contributed by atoms with Crippen molar-refractivity contribution in [3.05, 3.63) is 18.2 Å². The molecule has 0 spiro atoms. The van der Waals surface area contributed by atoms with Crippen LogP contribution in [0.3, 0.4) is 0 Å². The van der Waals surface area contributed by atoms with Crippen molar-refractivity contribution in [3.63, 3.8) is 0 Å². The number of imidazole rings is 1. The average molecular weight is 270 g/mol. The van der Waals surface area contributed by atoms with Crippen LogP contribution in [0.5, 0.6) is 0 Å². The van der Waals surface area contributed by atoms with Crippen molar-refractivity contribution in [3.8, 4) is 0 Å². The van der Waals surface area contributed by atoms with E-state index in [4.69, 9.17) is 15.6 Å². The first-order valence-corrected chi connectivity index (χ1v) is 5.82. The highest BCUT2D eigenvalue weighted by Gasteiger charge is 2.12. The van der Waals surface area contributed by atoms with Crippen molar-refractivity contribution in [2.75, 3.05) is 20.3 Å². The Labute approximate surface area is 110 Å². The zero-order valence-corrected chi connectivity index (χ0v) is 10.7. The summed E-state index contributed by atoms with van der Waals surface area (Å²) in [6.45, 7) is 1.22. The normalized spacial score (nSPS) is 12.1. The van der Waals surface area contributed by atoms with Crippen LogP contribution in [0.25, 0.3) is 0 Å². The van der Waals surface area contributed by atoms with Gasteiger partial charge in [-0.05, 0) is 6.42 Å². The third-order valence-corrected chi connectivity index (χ3v) is 2.49. The Morgan fingerprint density at radius 2 is 2.37 bits per heavy atom. The second kappa shape index (κ2) is 7.49. The van der Waals surface area contributed by atoms with E-state index in [-0.39, 0.29) is 11.6 Å². The minimum Gasteiger partial charge on any atom is -0.476 e. The first-order valence-electron chi connectivity index (χ1n) is 5.82. The molecule has 8 heteroatoms. The van der Waals surface area contributed by atoms with Gasteiger partial charge in [-0.1, -0.05) is 0 Å². The molecule has 19 heavy (non-hydrogen) atoms. The van der Waals surface area contributed by atoms with Crippen LogP contribution < -0.4 is 11.1 Å². The zero-order chi connectivity index (χ0) is 14.3. The molecule has 1 atom stereocenters. The summed E-state index contributed by atoms with van der Waals surface area (Å²) in [6, 6.07) is -0.600. The number of hydrogen-bond donors (Lipinski definition) is 3. The molecular weight excluding hydrogens is 252 g/mol. The predicted molar refractivity (Wildman–Crippen MR) is 66.7 cm³/mol. The van der Waals surface area contributed by atoms with Gasteiger partial charge in [0.15, 0.2) is 5.69 Å². The van der Waals surface area contributed by atoms with Crippen LogP contribution in [0.2, 0.25) is 0 Å². The standard InChI is InChI=1S/C11H18N4O4/c1-19-5-2-8(12)10(16)13-3-4-15-6-9(11(17)18)14-7-15/h6-8H,2-5,12H2,1H3,(H,13,16)(H,17,18). The Bertz CT molecular complexity index is 432. The molecule has 0 bridgehead atoms. The zero-order valence-electron chi connectivity index (χ0n) is 10.7. The highest BCUT2D eigenvalue weighted by atomic mass is 16.5. The summed E-state index contributed by atoms with van der Waals surface area (Å²) in [5.41, 5.74) is 5.61. The van der Waals surface area contributed by atoms with Gasteiger partial charge in [0.05, 0.1) is 12.4 Å². The molecule has 0 aromatic carbocycles. The fourth-order valence-corrected chi connectivity index (χ4v) is 1.41. The van der Waals surface area contributed by atoms with Crippen molar-refractivity contribution in [2.45, 2.75) is 19.0 Å². The molecule has 0 radical (unpaired) electrons. The molecule has 1 heterocycles. The monoisotopic (exact) mass is 270 g/mol. The Balaban J connectivity index is 2.29. The fourth-order valence-electron chi connectivity index (χ4n) is 1.41. The Kier molecular flexibility index (Phi) is 5.97. The molecule has 0 aliphatic carbocycles. The minimum absolute atomic E-state index is 0.0249. The van der Waals surface area contributed by atoms with Crippen molar-refractivity contribution < 1.29 is 19.4 Å². The van der Waals surface area contributed by atoms with Gasteiger partial charge in [0.25, 0.3) is 0 Å². The lowest BCUT2D eigenvalue weighted by molar-refractivity contribution is -0.122. The van der Waals surface area contributed by atoms with Crippen LogP contribution in [-0.4, -0.2) is 52.8 Å². The van der Waals surface area contributed by atoms with Crippen molar-refractivity contribution in [1.29, 1.82) is 0 Å². The SMILES string of the molecule is COCCC(N)C(=O)NCCn1cnc(C(=O)O)c1. The van der Waals surface area contributed by atoms with Crippen LogP contribution in [-0.2, 0) is 16.1 Å². The number of nitrogens with two attached hydrogens (primary N) is 1. The van der Waals surface area contributed by atoms with E-state index in [1.54, 1.807) is 11.7 Å². The topological polar surface area (TPSA) is 119 Å². The summed E-state index contributed by atoms with van der Waals surface area (Å²) in [5.74, 6) is -1.33. The molecule has 0 saturated carbocycles. The van der Waals surface area contributed by atoms with Crippen molar-refractivity contribution in [2.24, 2.45) is 5.73 Å². The fraction of sp³-hybridized carbons (Fsp3) is 0.545. The Morgan fingerprint density at radius 1 is 1.63 bits per heavy atom. The molecule has 106 valence electrons. The first kappa shape index (κ1) is 15.1. The maximum absolute atomic E-state index is 11.5. The van der Waals surface area contributed by atoms with E-state index < -0.39 is 12.0 Å². The van der Waals surface area contributed by atoms with Gasteiger partial charge in [-0.25, -0.2) is 9.78 Å². The molecule has 1 aromatic heterocycles. The van der Waals surface area contributed by atoms with Gasteiger partial charge in [0.1, 0.15) is 0 Å². The van der Waals surface area contributed by atoms with Gasteiger partial charge < -0.3 is 25.5 Å². The number of carbonyl (C=O) groups excluding carboxylic acids is 1. The largest absolute Gasteiger partial charge is 0.476 e. The molecule has 0 aliphatic heterocycles. The van der Waals surface area contributed by atoms with E-state index in [1.807, 2.05) is 0 Å². The minimum atomic E-state index is -1.08. The van der Waals surface area contributed by atoms with Crippen LogP contribution in [0.1, 0.15) is 16.9 Å². The van der Waals surface area contributed by atoms with Gasteiger partial charge in [-0.2, -0.15) is 0 Å².